The first-order valence-corrected chi connectivity index (χ1v) is 20.8. The third-order valence-electron chi connectivity index (χ3n) is 9.67. The molecule has 0 atom stereocenters. The lowest BCUT2D eigenvalue weighted by atomic mass is 9.77. The molecule has 5 rings (SSSR count). The molecule has 1 aromatic heterocycles. The van der Waals surface area contributed by atoms with Gasteiger partial charge in [-0.2, -0.15) is 0 Å². The Morgan fingerprint density at radius 3 is 1.81 bits per heavy atom. The van der Waals surface area contributed by atoms with E-state index in [0.29, 0.717) is 100 Å². The van der Waals surface area contributed by atoms with Crippen molar-refractivity contribution in [3.05, 3.63) is 111 Å². The van der Waals surface area contributed by atoms with E-state index < -0.39 is 5.97 Å². The average Bonchev–Trinajstić information content (AvgIpc) is 3.57. The predicted molar refractivity (Wildman–Crippen MR) is 226 cm³/mol. The topological polar surface area (TPSA) is 171 Å². The molecule has 0 fully saturated rings. The lowest BCUT2D eigenvalue weighted by molar-refractivity contribution is -0.0146. The van der Waals surface area contributed by atoms with Gasteiger partial charge < -0.3 is 49.3 Å². The number of aryl methyl sites for hydroxylation is 2. The van der Waals surface area contributed by atoms with Gasteiger partial charge in [0.25, 0.3) is 11.8 Å². The zero-order valence-electron chi connectivity index (χ0n) is 33.9. The Bertz CT molecular complexity index is 1930. The standard InChI is InChI=1S/C45H56N2O11S/c1-45(2)17-16-38-39(31-45)59-43(40(38)42(50)46-36-14-10-33(11-15-36)7-6-32-8-12-34(13-9-32)44(51)52)47-41(49)35-4-3-5-37(30-35)58-29-28-57-27-26-56-25-24-55-23-22-54-21-20-53-19-18-48/h3-5,8-15,30,48H,6-7,16-29,31H2,1-2H3,(H,46,50)(H,47,49)(H,51,52). The number of aromatic carboxylic acids is 1. The number of carbonyl (C=O) groups excluding carboxylic acids is 2. The number of ether oxygens (including phenoxy) is 6. The molecule has 0 spiro atoms. The minimum Gasteiger partial charge on any atom is -0.491 e. The molecule has 2 amide bonds. The predicted octanol–water partition coefficient (Wildman–Crippen LogP) is 6.71. The number of aliphatic hydroxyl groups is 1. The summed E-state index contributed by atoms with van der Waals surface area (Å²) >= 11 is 1.47. The molecule has 0 unspecified atom stereocenters. The molecule has 0 saturated carbocycles. The first-order valence-electron chi connectivity index (χ1n) is 20.0. The maximum Gasteiger partial charge on any atom is 0.335 e. The third kappa shape index (κ3) is 15.1. The quantitative estimate of drug-likeness (QED) is 0.0497. The second-order valence-electron chi connectivity index (χ2n) is 14.8. The summed E-state index contributed by atoms with van der Waals surface area (Å²) in [6.07, 6.45) is 4.03. The lowest BCUT2D eigenvalue weighted by Crippen LogP contribution is -2.23. The van der Waals surface area contributed by atoms with Crippen LogP contribution in [0.2, 0.25) is 0 Å². The molecule has 318 valence electrons. The van der Waals surface area contributed by atoms with Gasteiger partial charge in [-0.15, -0.1) is 11.3 Å². The van der Waals surface area contributed by atoms with Gasteiger partial charge in [0.05, 0.1) is 83.8 Å². The van der Waals surface area contributed by atoms with E-state index in [0.717, 1.165) is 53.7 Å². The van der Waals surface area contributed by atoms with Gasteiger partial charge in [0.1, 0.15) is 17.4 Å². The lowest BCUT2D eigenvalue weighted by Gasteiger charge is -2.29. The van der Waals surface area contributed by atoms with E-state index in [9.17, 15) is 14.4 Å². The van der Waals surface area contributed by atoms with Crippen molar-refractivity contribution in [1.82, 2.24) is 0 Å². The summed E-state index contributed by atoms with van der Waals surface area (Å²) in [5.74, 6) is -1.01. The molecule has 14 heteroatoms. The monoisotopic (exact) mass is 832 g/mol. The Morgan fingerprint density at radius 1 is 0.678 bits per heavy atom. The van der Waals surface area contributed by atoms with Crippen molar-refractivity contribution in [3.63, 3.8) is 0 Å². The van der Waals surface area contributed by atoms with Crippen molar-refractivity contribution >= 4 is 39.8 Å². The van der Waals surface area contributed by atoms with E-state index in [1.165, 1.54) is 11.3 Å². The summed E-state index contributed by atoms with van der Waals surface area (Å²) in [6, 6.07) is 21.5. The highest BCUT2D eigenvalue weighted by atomic mass is 32.1. The largest absolute Gasteiger partial charge is 0.491 e. The van der Waals surface area contributed by atoms with Crippen LogP contribution in [0.15, 0.2) is 72.8 Å². The highest BCUT2D eigenvalue weighted by Gasteiger charge is 2.33. The first kappa shape index (κ1) is 45.4. The molecule has 4 N–H and O–H groups in total. The zero-order chi connectivity index (χ0) is 41.9. The number of hydrogen-bond donors (Lipinski definition) is 4. The fourth-order valence-electron chi connectivity index (χ4n) is 6.45. The van der Waals surface area contributed by atoms with Gasteiger partial charge in [0.2, 0.25) is 0 Å². The minimum atomic E-state index is -0.944. The number of nitrogens with one attached hydrogen (secondary N) is 2. The van der Waals surface area contributed by atoms with E-state index >= 15 is 0 Å². The van der Waals surface area contributed by atoms with Crippen LogP contribution in [0, 0.1) is 5.41 Å². The van der Waals surface area contributed by atoms with Gasteiger partial charge in [0, 0.05) is 16.1 Å². The van der Waals surface area contributed by atoms with Gasteiger partial charge in [-0.05, 0) is 96.7 Å². The van der Waals surface area contributed by atoms with E-state index in [1.54, 1.807) is 36.4 Å². The molecule has 4 aromatic rings. The van der Waals surface area contributed by atoms with E-state index in [-0.39, 0.29) is 29.4 Å². The molecule has 0 aliphatic heterocycles. The number of amides is 2. The number of carboxylic acids is 1. The van der Waals surface area contributed by atoms with E-state index in [4.69, 9.17) is 38.6 Å². The maximum atomic E-state index is 14.0. The number of carbonyl (C=O) groups is 3. The van der Waals surface area contributed by atoms with Crippen LogP contribution in [0.4, 0.5) is 10.7 Å². The molecule has 1 heterocycles. The molecular weight excluding hydrogens is 777 g/mol. The number of benzene rings is 3. The van der Waals surface area contributed by atoms with Crippen LogP contribution in [0.5, 0.6) is 5.75 Å². The van der Waals surface area contributed by atoms with Crippen LogP contribution in [-0.2, 0) is 49.4 Å². The van der Waals surface area contributed by atoms with Gasteiger partial charge in [-0.25, -0.2) is 4.79 Å². The van der Waals surface area contributed by atoms with Crippen molar-refractivity contribution in [3.8, 4) is 5.75 Å². The molecule has 0 bridgehead atoms. The zero-order valence-corrected chi connectivity index (χ0v) is 34.7. The normalized spacial score (nSPS) is 13.1. The number of rotatable bonds is 26. The number of carboxylic acid groups (broad SMARTS) is 1. The third-order valence-corrected chi connectivity index (χ3v) is 10.8. The molecule has 1 aliphatic rings. The van der Waals surface area contributed by atoms with Crippen LogP contribution in [0.25, 0.3) is 0 Å². The summed E-state index contributed by atoms with van der Waals surface area (Å²) in [7, 11) is 0. The van der Waals surface area contributed by atoms with Crippen molar-refractivity contribution in [1.29, 1.82) is 0 Å². The average molecular weight is 833 g/mol. The van der Waals surface area contributed by atoms with Gasteiger partial charge in [0.15, 0.2) is 0 Å². The number of thiophene rings is 1. The Labute approximate surface area is 349 Å². The SMILES string of the molecule is CC1(C)CCc2c(sc(NC(=O)c3cccc(OCCOCCOCCOCCOCCOCCO)c3)c2C(=O)Nc2ccc(CCc3ccc(C(=O)O)cc3)cc2)C1. The number of aliphatic hydroxyl groups excluding tert-OH is 1. The number of fused-ring (bicyclic) bond motifs is 1. The second-order valence-corrected chi connectivity index (χ2v) is 15.9. The molecule has 59 heavy (non-hydrogen) atoms. The number of anilines is 2. The molecular formula is C45H56N2O11S. The fraction of sp³-hybridized carbons (Fsp3) is 0.444. The Morgan fingerprint density at radius 2 is 1.24 bits per heavy atom. The Kier molecular flexibility index (Phi) is 18.3. The van der Waals surface area contributed by atoms with Crippen molar-refractivity contribution in [2.24, 2.45) is 5.41 Å². The van der Waals surface area contributed by atoms with Crippen molar-refractivity contribution in [2.45, 2.75) is 46.0 Å². The van der Waals surface area contributed by atoms with Gasteiger partial charge in [-0.3, -0.25) is 9.59 Å². The fourth-order valence-corrected chi connectivity index (χ4v) is 7.95. The van der Waals surface area contributed by atoms with Crippen LogP contribution < -0.4 is 15.4 Å². The molecule has 0 saturated heterocycles. The summed E-state index contributed by atoms with van der Waals surface area (Å²) in [4.78, 5) is 39.9. The molecule has 3 aromatic carbocycles. The molecule has 13 nitrogen and oxygen atoms in total. The highest BCUT2D eigenvalue weighted by Crippen LogP contribution is 2.44. The van der Waals surface area contributed by atoms with Crippen molar-refractivity contribution < 1.29 is 53.0 Å². The Hall–Kier alpha value is -4.67. The Balaban J connectivity index is 1.07. The van der Waals surface area contributed by atoms with Crippen molar-refractivity contribution in [2.75, 3.05) is 89.9 Å². The molecule has 0 radical (unpaired) electrons. The minimum absolute atomic E-state index is 0.00260. The van der Waals surface area contributed by atoms with Crippen LogP contribution >= 0.6 is 11.3 Å². The van der Waals surface area contributed by atoms with E-state index in [2.05, 4.69) is 24.5 Å². The maximum absolute atomic E-state index is 14.0. The smallest absolute Gasteiger partial charge is 0.335 e. The van der Waals surface area contributed by atoms with Crippen LogP contribution in [0.3, 0.4) is 0 Å². The van der Waals surface area contributed by atoms with Crippen LogP contribution in [-0.4, -0.2) is 107 Å². The van der Waals surface area contributed by atoms with E-state index in [1.807, 2.05) is 36.4 Å². The van der Waals surface area contributed by atoms with Gasteiger partial charge in [-0.1, -0.05) is 44.2 Å². The highest BCUT2D eigenvalue weighted by molar-refractivity contribution is 7.17. The summed E-state index contributed by atoms with van der Waals surface area (Å²) in [6.45, 7) is 8.94. The first-order chi connectivity index (χ1) is 28.6. The number of hydrogen-bond acceptors (Lipinski definition) is 11. The summed E-state index contributed by atoms with van der Waals surface area (Å²) in [5, 5.41) is 24.4. The summed E-state index contributed by atoms with van der Waals surface area (Å²) < 4.78 is 32.9. The van der Waals surface area contributed by atoms with Gasteiger partial charge >= 0.3 is 5.97 Å². The summed E-state index contributed by atoms with van der Waals surface area (Å²) in [5.41, 5.74) is 5.05. The molecule has 1 aliphatic carbocycles. The second kappa shape index (κ2) is 23.8. The van der Waals surface area contributed by atoms with Crippen LogP contribution in [0.1, 0.15) is 72.9 Å².